The average Bonchev–Trinajstić information content (AvgIpc) is 3.27. The zero-order chi connectivity index (χ0) is 24.1. The van der Waals surface area contributed by atoms with Crippen LogP contribution in [0, 0.1) is 5.92 Å². The Morgan fingerprint density at radius 2 is 1.74 bits per heavy atom. The van der Waals surface area contributed by atoms with Crippen LogP contribution in [0.25, 0.3) is 10.8 Å². The highest BCUT2D eigenvalue weighted by Gasteiger charge is 2.25. The average molecular weight is 458 g/mol. The minimum absolute atomic E-state index is 0.0610. The van der Waals surface area contributed by atoms with E-state index in [1.807, 2.05) is 80.6 Å². The van der Waals surface area contributed by atoms with E-state index >= 15 is 0 Å². The second-order valence-electron chi connectivity index (χ2n) is 9.18. The Hall–Kier alpha value is -3.67. The van der Waals surface area contributed by atoms with Gasteiger partial charge in [0, 0.05) is 25.2 Å². The number of anilines is 1. The van der Waals surface area contributed by atoms with Gasteiger partial charge in [-0.15, -0.1) is 0 Å². The second kappa shape index (κ2) is 10.5. The highest BCUT2D eigenvalue weighted by molar-refractivity contribution is 5.95. The molecule has 6 nitrogen and oxygen atoms in total. The second-order valence-corrected chi connectivity index (χ2v) is 9.18. The molecule has 4 rings (SSSR count). The Labute approximate surface area is 200 Å². The Bertz CT molecular complexity index is 1200. The van der Waals surface area contributed by atoms with Crippen LogP contribution in [0.15, 0.2) is 66.7 Å². The van der Waals surface area contributed by atoms with E-state index in [1.165, 1.54) is 0 Å². The van der Waals surface area contributed by atoms with E-state index in [4.69, 9.17) is 0 Å². The van der Waals surface area contributed by atoms with Gasteiger partial charge in [0.1, 0.15) is 6.04 Å². The molecule has 1 aliphatic heterocycles. The van der Waals surface area contributed by atoms with E-state index in [1.54, 1.807) is 4.90 Å². The number of hydrogen-bond acceptors (Lipinski definition) is 3. The summed E-state index contributed by atoms with van der Waals surface area (Å²) >= 11 is 0. The van der Waals surface area contributed by atoms with Gasteiger partial charge in [-0.1, -0.05) is 68.4 Å². The molecule has 0 aromatic heterocycles. The van der Waals surface area contributed by atoms with Gasteiger partial charge in [-0.2, -0.15) is 0 Å². The summed E-state index contributed by atoms with van der Waals surface area (Å²) in [5, 5.41) is 8.07. The number of carbonyl (C=O) groups is 3. The van der Waals surface area contributed by atoms with Crippen LogP contribution >= 0.6 is 0 Å². The van der Waals surface area contributed by atoms with Gasteiger partial charge in [-0.25, -0.2) is 0 Å². The molecule has 1 heterocycles. The minimum atomic E-state index is -0.628. The smallest absolute Gasteiger partial charge is 0.243 e. The first-order valence-corrected chi connectivity index (χ1v) is 11.8. The van der Waals surface area contributed by atoms with Crippen LogP contribution < -0.4 is 15.5 Å². The summed E-state index contributed by atoms with van der Waals surface area (Å²) in [5.74, 6) is -0.326. The van der Waals surface area contributed by atoms with Gasteiger partial charge in [0.25, 0.3) is 0 Å². The highest BCUT2D eigenvalue weighted by atomic mass is 16.2. The van der Waals surface area contributed by atoms with Gasteiger partial charge in [0.05, 0.1) is 6.42 Å². The van der Waals surface area contributed by atoms with Crippen LogP contribution in [0.3, 0.4) is 0 Å². The number of hydrogen-bond donors (Lipinski definition) is 2. The van der Waals surface area contributed by atoms with Crippen LogP contribution in [0.1, 0.15) is 37.8 Å². The Morgan fingerprint density at radius 3 is 2.47 bits per heavy atom. The Balaban J connectivity index is 1.35. The summed E-state index contributed by atoms with van der Waals surface area (Å²) in [4.78, 5) is 39.5. The topological polar surface area (TPSA) is 78.5 Å². The fraction of sp³-hybridized carbons (Fsp3) is 0.321. The van der Waals surface area contributed by atoms with E-state index in [9.17, 15) is 14.4 Å². The fourth-order valence-corrected chi connectivity index (χ4v) is 4.35. The quantitative estimate of drug-likeness (QED) is 0.537. The first-order valence-electron chi connectivity index (χ1n) is 11.8. The molecule has 3 aromatic carbocycles. The minimum Gasteiger partial charge on any atom is -0.350 e. The molecule has 0 bridgehead atoms. The van der Waals surface area contributed by atoms with Crippen LogP contribution in [0.4, 0.5) is 5.69 Å². The number of fused-ring (bicyclic) bond motifs is 1. The Morgan fingerprint density at radius 1 is 0.941 bits per heavy atom. The largest absolute Gasteiger partial charge is 0.350 e. The van der Waals surface area contributed by atoms with Crippen molar-refractivity contribution in [3.63, 3.8) is 0 Å². The van der Waals surface area contributed by atoms with Crippen molar-refractivity contribution in [3.05, 3.63) is 77.9 Å². The van der Waals surface area contributed by atoms with Crippen molar-refractivity contribution in [1.82, 2.24) is 10.6 Å². The molecule has 0 spiro atoms. The maximum atomic E-state index is 12.9. The summed E-state index contributed by atoms with van der Waals surface area (Å²) in [6.45, 7) is 4.89. The lowest BCUT2D eigenvalue weighted by molar-refractivity contribution is -0.129. The normalized spacial score (nSPS) is 14.4. The molecule has 34 heavy (non-hydrogen) atoms. The number of nitrogens with one attached hydrogen (secondary N) is 2. The fourth-order valence-electron chi connectivity index (χ4n) is 4.35. The van der Waals surface area contributed by atoms with E-state index in [-0.39, 0.29) is 30.1 Å². The first-order chi connectivity index (χ1) is 16.4. The summed E-state index contributed by atoms with van der Waals surface area (Å²) in [7, 11) is 0. The maximum absolute atomic E-state index is 12.9. The molecule has 176 valence electrons. The summed E-state index contributed by atoms with van der Waals surface area (Å²) in [5.41, 5.74) is 2.68. The third-order valence-electron chi connectivity index (χ3n) is 6.21. The lowest BCUT2D eigenvalue weighted by Crippen LogP contribution is -2.49. The van der Waals surface area contributed by atoms with Crippen LogP contribution in [-0.2, 0) is 27.3 Å². The number of nitrogens with zero attached hydrogens (tertiary/aromatic N) is 1. The van der Waals surface area contributed by atoms with E-state index in [0.29, 0.717) is 13.0 Å². The molecule has 1 saturated heterocycles. The molecule has 1 aliphatic rings. The van der Waals surface area contributed by atoms with E-state index in [2.05, 4.69) is 10.6 Å². The molecular formula is C28H31N3O3. The number of rotatable bonds is 8. The van der Waals surface area contributed by atoms with Gasteiger partial charge in [0.15, 0.2) is 0 Å². The predicted molar refractivity (Wildman–Crippen MR) is 134 cm³/mol. The molecule has 1 unspecified atom stereocenters. The predicted octanol–water partition coefficient (Wildman–Crippen LogP) is 3.97. The van der Waals surface area contributed by atoms with Crippen molar-refractivity contribution in [2.75, 3.05) is 11.4 Å². The summed E-state index contributed by atoms with van der Waals surface area (Å²) < 4.78 is 0. The van der Waals surface area contributed by atoms with Gasteiger partial charge in [0.2, 0.25) is 17.7 Å². The van der Waals surface area contributed by atoms with Crippen LogP contribution in [-0.4, -0.2) is 30.3 Å². The molecule has 0 radical (unpaired) electrons. The number of carbonyl (C=O) groups excluding carboxylic acids is 3. The molecule has 0 aliphatic carbocycles. The molecule has 3 amide bonds. The summed E-state index contributed by atoms with van der Waals surface area (Å²) in [6.07, 6.45) is 1.66. The molecule has 6 heteroatoms. The van der Waals surface area contributed by atoms with Crippen molar-refractivity contribution < 1.29 is 14.4 Å². The number of amides is 3. The molecule has 3 aromatic rings. The molecule has 1 fully saturated rings. The van der Waals surface area contributed by atoms with Crippen LogP contribution in [0.5, 0.6) is 0 Å². The van der Waals surface area contributed by atoms with Crippen molar-refractivity contribution in [1.29, 1.82) is 0 Å². The lowest BCUT2D eigenvalue weighted by atomic mass is 10.0. The molecule has 1 atom stereocenters. The highest BCUT2D eigenvalue weighted by Crippen LogP contribution is 2.22. The number of benzene rings is 3. The monoisotopic (exact) mass is 457 g/mol. The molecular weight excluding hydrogens is 426 g/mol. The van der Waals surface area contributed by atoms with Gasteiger partial charge in [-0.3, -0.25) is 14.4 Å². The van der Waals surface area contributed by atoms with Crippen molar-refractivity contribution >= 4 is 34.2 Å². The van der Waals surface area contributed by atoms with E-state index in [0.717, 1.165) is 40.6 Å². The molecule has 2 N–H and O–H groups in total. The zero-order valence-corrected chi connectivity index (χ0v) is 19.7. The SMILES string of the molecule is CC(C)C(NC(=O)Cc1ccc2ccccc2c1)C(=O)NCc1cccc(N2CCCC2=O)c1. The maximum Gasteiger partial charge on any atom is 0.243 e. The van der Waals surface area contributed by atoms with Gasteiger partial charge < -0.3 is 15.5 Å². The van der Waals surface area contributed by atoms with Gasteiger partial charge >= 0.3 is 0 Å². The third kappa shape index (κ3) is 5.63. The van der Waals surface area contributed by atoms with Crippen LogP contribution in [0.2, 0.25) is 0 Å². The first kappa shape index (κ1) is 23.5. The zero-order valence-electron chi connectivity index (χ0n) is 19.7. The summed E-state index contributed by atoms with van der Waals surface area (Å²) in [6, 6.07) is 21.0. The van der Waals surface area contributed by atoms with Gasteiger partial charge in [-0.05, 0) is 46.4 Å². The Kier molecular flexibility index (Phi) is 7.26. The van der Waals surface area contributed by atoms with E-state index < -0.39 is 6.04 Å². The standard InChI is InChI=1S/C28H31N3O3/c1-19(2)27(30-25(32)17-20-12-13-22-8-3-4-9-23(22)15-20)28(34)29-18-21-7-5-10-24(16-21)31-14-6-11-26(31)33/h3-5,7-10,12-13,15-16,19,27H,6,11,14,17-18H2,1-2H3,(H,29,34)(H,30,32). The third-order valence-corrected chi connectivity index (χ3v) is 6.21. The van der Waals surface area contributed by atoms with Crippen molar-refractivity contribution in [3.8, 4) is 0 Å². The molecule has 0 saturated carbocycles. The van der Waals surface area contributed by atoms with Crippen molar-refractivity contribution in [2.45, 2.75) is 45.7 Å². The van der Waals surface area contributed by atoms with Crippen molar-refractivity contribution in [2.24, 2.45) is 5.92 Å². The lowest BCUT2D eigenvalue weighted by Gasteiger charge is -2.22.